The van der Waals surface area contributed by atoms with Gasteiger partial charge in [-0.3, -0.25) is 19.9 Å². The molecule has 0 spiro atoms. The molecule has 0 atom stereocenters. The summed E-state index contributed by atoms with van der Waals surface area (Å²) >= 11 is 36.7. The van der Waals surface area contributed by atoms with Crippen molar-refractivity contribution in [3.8, 4) is 0 Å². The van der Waals surface area contributed by atoms with Gasteiger partial charge in [-0.1, -0.05) is 80.6 Å². The minimum Gasteiger partial charge on any atom is -1.00 e. The van der Waals surface area contributed by atoms with Crippen LogP contribution in [0.4, 0.5) is 39.5 Å². The zero-order chi connectivity index (χ0) is 55.9. The molecule has 5 rings (SSSR count). The zero-order valence-corrected chi connectivity index (χ0v) is 57.8. The fourth-order valence-electron chi connectivity index (χ4n) is 4.32. The monoisotopic (exact) mass is 1610 g/mol. The van der Waals surface area contributed by atoms with Crippen LogP contribution in [0.2, 0.25) is 25.1 Å². The molecule has 5 aromatic rings. The van der Waals surface area contributed by atoms with Gasteiger partial charge in [0, 0.05) is 76.5 Å². The van der Waals surface area contributed by atoms with Crippen molar-refractivity contribution in [1.82, 2.24) is 24.9 Å². The van der Waals surface area contributed by atoms with E-state index in [0.717, 1.165) is 16.7 Å². The maximum atomic E-state index is 13.5. The molecule has 11 nitrogen and oxygen atoms in total. The van der Waals surface area contributed by atoms with Crippen molar-refractivity contribution in [2.45, 2.75) is 71.1 Å². The van der Waals surface area contributed by atoms with Crippen molar-refractivity contribution in [2.75, 3.05) is 24.2 Å². The normalized spacial score (nSPS) is 10.6. The summed E-state index contributed by atoms with van der Waals surface area (Å²) in [7, 11) is 0. The molecule has 0 aromatic carbocycles. The summed E-state index contributed by atoms with van der Waals surface area (Å²) in [5, 5.41) is 9.05. The maximum Gasteiger partial charge on any atom is 1.00 e. The van der Waals surface area contributed by atoms with Gasteiger partial charge in [0.1, 0.15) is 34.0 Å². The van der Waals surface area contributed by atoms with Crippen LogP contribution in [0.1, 0.15) is 65.9 Å². The van der Waals surface area contributed by atoms with Gasteiger partial charge in [-0.05, 0) is 145 Å². The first-order valence-corrected chi connectivity index (χ1v) is 25.9. The summed E-state index contributed by atoms with van der Waals surface area (Å²) < 4.78 is 125. The number of aryl methyl sites for hydroxylation is 5. The SMILES string of the molecule is CCOC(=O)C(F)(F)Br.CCOC(=O)C(F)(F)c1ncc(C)cc1Cl.Cc1cnc(/C(F)=C/I)c(Cl)c1.Cc1cnc(Br)c(Cl)c1.Cc1cnc(C(F)(F)CI)c(Cl)c1.Cc1cnc(C(F)(F)CO)c(Cl)c1.[B].[Cu].[H-].[Na+].[Na+].[OH-]. The number of hydrogen-bond donors (Lipinski definition) is 1. The van der Waals surface area contributed by atoms with Gasteiger partial charge in [0.15, 0.2) is 5.83 Å². The molecule has 0 amide bonds. The number of aromatic nitrogens is 5. The molecule has 0 aliphatic carbocycles. The van der Waals surface area contributed by atoms with Crippen molar-refractivity contribution in [3.05, 3.63) is 146 Å². The second-order valence-electron chi connectivity index (χ2n) is 13.8. The molecule has 0 saturated carbocycles. The first-order valence-electron chi connectivity index (χ1n) is 19.6. The zero-order valence-electron chi connectivity index (χ0n) is 42.6. The van der Waals surface area contributed by atoms with Crippen LogP contribution in [0.25, 0.3) is 5.83 Å². The summed E-state index contributed by atoms with van der Waals surface area (Å²) in [6.45, 7) is 10.4. The Morgan fingerprint density at radius 3 is 1.25 bits per heavy atom. The quantitative estimate of drug-likeness (QED) is 0.0353. The molecule has 422 valence electrons. The van der Waals surface area contributed by atoms with Gasteiger partial charge in [-0.2, -0.15) is 35.1 Å². The number of aliphatic hydroxyl groups is 1. The van der Waals surface area contributed by atoms with E-state index in [0.29, 0.717) is 25.8 Å². The van der Waals surface area contributed by atoms with Crippen LogP contribution >= 0.6 is 135 Å². The van der Waals surface area contributed by atoms with Crippen LogP contribution in [-0.4, -0.2) is 84.9 Å². The number of carbonyl (C=O) groups excluding carboxylic acids is 2. The fraction of sp³-hybridized carbons (Fsp3) is 0.341. The molecular weight excluding hydrogens is 1580 g/mol. The van der Waals surface area contributed by atoms with Gasteiger partial charge >= 0.3 is 87.7 Å². The van der Waals surface area contributed by atoms with Crippen molar-refractivity contribution < 1.29 is 147 Å². The number of hydrogen-bond acceptors (Lipinski definition) is 11. The molecule has 0 saturated heterocycles. The molecule has 33 heteroatoms. The molecular formula is C44H43BBr2Cl5CuF9I2N5Na2O6. The van der Waals surface area contributed by atoms with Crippen molar-refractivity contribution in [3.63, 3.8) is 0 Å². The van der Waals surface area contributed by atoms with Crippen molar-refractivity contribution >= 4 is 161 Å². The molecule has 5 heterocycles. The largest absolute Gasteiger partial charge is 1.00 e. The van der Waals surface area contributed by atoms with Gasteiger partial charge in [-0.25, -0.2) is 19.0 Å². The van der Waals surface area contributed by atoms with Gasteiger partial charge in [0.05, 0.1) is 42.8 Å². The van der Waals surface area contributed by atoms with Gasteiger partial charge < -0.3 is 21.5 Å². The minimum atomic E-state index is -3.82. The van der Waals surface area contributed by atoms with Gasteiger partial charge in [-0.15, -0.1) is 0 Å². The van der Waals surface area contributed by atoms with Crippen LogP contribution in [0, 0.1) is 34.6 Å². The topological polar surface area (TPSA) is 167 Å². The molecule has 5 aromatic heterocycles. The van der Waals surface area contributed by atoms with E-state index >= 15 is 0 Å². The van der Waals surface area contributed by atoms with E-state index in [1.54, 1.807) is 84.4 Å². The first kappa shape index (κ1) is 88.4. The number of carbonyl (C=O) groups is 2. The Balaban J connectivity index is -0.000000154. The predicted octanol–water partition coefficient (Wildman–Crippen LogP) is 10.0. The molecule has 0 unspecified atom stereocenters. The van der Waals surface area contributed by atoms with E-state index in [2.05, 4.69) is 50.3 Å². The van der Waals surface area contributed by atoms with Crippen LogP contribution in [0.5, 0.6) is 0 Å². The summed E-state index contributed by atoms with van der Waals surface area (Å²) in [6, 6.07) is 7.73. The van der Waals surface area contributed by atoms with E-state index in [1.807, 2.05) is 35.8 Å². The standard InChI is InChI=1S/C10H10ClF2NO2.C8H7ClF2IN.C8H8ClF2NO.C8H6ClFIN.C6H5BrClN.C4H5BrF2O2.B.Cu.2Na.H2O.H/c1-3-16-9(15)10(12,13)8-7(11)4-6(2)5-14-8;1-5-2-6(9)7(13-3-5)8(10,11)4-12;1-5-2-6(9)7(12-3-5)8(10,11)4-13;1-5-2-6(9)8(12-4-5)7(10)3-11;1-4-2-5(8)6(7)9-3-4;1-2-9-3(8)4(5,6)7;;;;;;/h4-5H,3H2,1-2H3;2-3H,4H2,1H3;2-3,13H,4H2,1H3;2-4H,1H3;2-3H,1H3;2H2,1H3;;;;;1H2;/q;;;;;;;;2*+1;;-1/p-1/b;;;7-3-;;;;;;;;. The van der Waals surface area contributed by atoms with Crippen LogP contribution < -0.4 is 59.1 Å². The third-order valence-corrected chi connectivity index (χ3v) is 11.7. The minimum absolute atomic E-state index is 0. The van der Waals surface area contributed by atoms with Crippen LogP contribution in [-0.2, 0) is 53.9 Å². The van der Waals surface area contributed by atoms with Crippen molar-refractivity contribution in [2.24, 2.45) is 0 Å². The fourth-order valence-corrected chi connectivity index (χ4v) is 6.89. The number of esters is 2. The smallest absolute Gasteiger partial charge is 1.00 e. The number of halogens is 18. The maximum absolute atomic E-state index is 13.5. The number of alkyl halides is 10. The summed E-state index contributed by atoms with van der Waals surface area (Å²) in [4.78, 5) is 36.0. The van der Waals surface area contributed by atoms with E-state index in [-0.39, 0.29) is 136 Å². The first-order chi connectivity index (χ1) is 33.2. The number of ether oxygens (including phenoxy) is 2. The van der Waals surface area contributed by atoms with E-state index < -0.39 is 58.4 Å². The molecule has 4 radical (unpaired) electrons. The molecule has 0 aliphatic heterocycles. The molecule has 0 fully saturated rings. The average Bonchev–Trinajstić information content (AvgIpc) is 3.28. The third-order valence-electron chi connectivity index (χ3n) is 7.56. The Hall–Kier alpha value is 0.174. The number of pyridine rings is 5. The van der Waals surface area contributed by atoms with Crippen LogP contribution in [0.15, 0.2) is 70.0 Å². The number of rotatable bonds is 10. The number of nitrogens with zero attached hydrogens (tertiary/aromatic N) is 5. The van der Waals surface area contributed by atoms with Gasteiger partial charge in [0.2, 0.25) is 0 Å². The Kier molecular flexibility index (Phi) is 49.2. The second-order valence-corrected chi connectivity index (χ2v) is 19.0. The summed E-state index contributed by atoms with van der Waals surface area (Å²) in [5.74, 6) is -13.7. The van der Waals surface area contributed by atoms with E-state index in [1.165, 1.54) is 54.7 Å². The second kappa shape index (κ2) is 42.9. The molecule has 2 N–H and O–H groups in total. The third kappa shape index (κ3) is 32.7. The Labute approximate surface area is 566 Å². The Bertz CT molecular complexity index is 2570. The summed E-state index contributed by atoms with van der Waals surface area (Å²) in [6.07, 6.45) is 7.23. The van der Waals surface area contributed by atoms with E-state index in [4.69, 9.17) is 63.1 Å². The average molecular weight is 1620 g/mol. The van der Waals surface area contributed by atoms with Crippen molar-refractivity contribution in [1.29, 1.82) is 0 Å². The summed E-state index contributed by atoms with van der Waals surface area (Å²) in [5.41, 5.74) is 2.61. The molecule has 77 heavy (non-hydrogen) atoms. The molecule has 0 bridgehead atoms. The van der Waals surface area contributed by atoms with Crippen LogP contribution in [0.3, 0.4) is 0 Å². The predicted molar refractivity (Wildman–Crippen MR) is 294 cm³/mol. The van der Waals surface area contributed by atoms with Gasteiger partial charge in [0.25, 0.3) is 5.92 Å². The Morgan fingerprint density at radius 1 is 0.636 bits per heavy atom. The molecule has 0 aliphatic rings. The Morgan fingerprint density at radius 2 is 0.961 bits per heavy atom. The van der Waals surface area contributed by atoms with E-state index in [9.17, 15) is 49.1 Å². The number of aliphatic hydroxyl groups excluding tert-OH is 1.